The Hall–Kier alpha value is -0.810. The van der Waals surface area contributed by atoms with Crippen LogP contribution in [0.25, 0.3) is 0 Å². The van der Waals surface area contributed by atoms with Gasteiger partial charge in [0.25, 0.3) is 0 Å². The van der Waals surface area contributed by atoms with Crippen molar-refractivity contribution < 1.29 is 14.3 Å². The standard InChI is InChI=1S/C10H17ClN2O3/c1-16-7-9(14)12-8-2-4-13(5-3-8)10(15)6-11/h8H,2-7H2,1H3,(H,12,14). The summed E-state index contributed by atoms with van der Waals surface area (Å²) in [5, 5.41) is 2.86. The molecule has 1 aliphatic heterocycles. The van der Waals surface area contributed by atoms with Gasteiger partial charge in [0, 0.05) is 26.2 Å². The molecule has 0 bridgehead atoms. The molecule has 0 spiro atoms. The van der Waals surface area contributed by atoms with Crippen molar-refractivity contribution >= 4 is 23.4 Å². The molecule has 92 valence electrons. The first-order chi connectivity index (χ1) is 7.67. The minimum atomic E-state index is -0.107. The highest BCUT2D eigenvalue weighted by molar-refractivity contribution is 6.27. The van der Waals surface area contributed by atoms with E-state index in [4.69, 9.17) is 16.3 Å². The van der Waals surface area contributed by atoms with E-state index in [1.165, 1.54) is 7.11 Å². The molecule has 1 fully saturated rings. The molecule has 1 aliphatic rings. The molecule has 0 unspecified atom stereocenters. The fourth-order valence-electron chi connectivity index (χ4n) is 1.76. The summed E-state index contributed by atoms with van der Waals surface area (Å²) in [4.78, 5) is 24.3. The Kier molecular flexibility index (Phi) is 5.55. The Balaban J connectivity index is 2.26. The molecule has 6 heteroatoms. The zero-order valence-corrected chi connectivity index (χ0v) is 10.1. The molecule has 0 aromatic carbocycles. The molecule has 0 aliphatic carbocycles. The maximum absolute atomic E-state index is 11.3. The highest BCUT2D eigenvalue weighted by Crippen LogP contribution is 2.10. The van der Waals surface area contributed by atoms with Gasteiger partial charge >= 0.3 is 0 Å². The summed E-state index contributed by atoms with van der Waals surface area (Å²) < 4.78 is 4.73. The molecular formula is C10H17ClN2O3. The van der Waals surface area contributed by atoms with Gasteiger partial charge in [-0.1, -0.05) is 0 Å². The van der Waals surface area contributed by atoms with Gasteiger partial charge in [0.2, 0.25) is 11.8 Å². The third-order valence-corrected chi connectivity index (χ3v) is 2.83. The van der Waals surface area contributed by atoms with Crippen molar-refractivity contribution in [3.05, 3.63) is 0 Å². The third kappa shape index (κ3) is 3.98. The highest BCUT2D eigenvalue weighted by atomic mass is 35.5. The number of nitrogens with one attached hydrogen (secondary N) is 1. The van der Waals surface area contributed by atoms with E-state index in [9.17, 15) is 9.59 Å². The van der Waals surface area contributed by atoms with Crippen molar-refractivity contribution in [2.75, 3.05) is 32.7 Å². The van der Waals surface area contributed by atoms with E-state index >= 15 is 0 Å². The number of carbonyl (C=O) groups excluding carboxylic acids is 2. The van der Waals surface area contributed by atoms with Crippen LogP contribution in [0.5, 0.6) is 0 Å². The van der Waals surface area contributed by atoms with Crippen molar-refractivity contribution in [1.82, 2.24) is 10.2 Å². The minimum absolute atomic E-state index is 0.0285. The zero-order valence-electron chi connectivity index (χ0n) is 9.37. The summed E-state index contributed by atoms with van der Waals surface area (Å²) in [6.45, 7) is 1.40. The quantitative estimate of drug-likeness (QED) is 0.712. The van der Waals surface area contributed by atoms with Crippen LogP contribution in [0.3, 0.4) is 0 Å². The molecule has 0 saturated carbocycles. The van der Waals surface area contributed by atoms with Crippen molar-refractivity contribution in [3.8, 4) is 0 Å². The van der Waals surface area contributed by atoms with Crippen LogP contribution >= 0.6 is 11.6 Å². The summed E-state index contributed by atoms with van der Waals surface area (Å²) in [7, 11) is 1.49. The van der Waals surface area contributed by atoms with Gasteiger partial charge in [-0.3, -0.25) is 9.59 Å². The SMILES string of the molecule is COCC(=O)NC1CCN(C(=O)CCl)CC1. The van der Waals surface area contributed by atoms with Crippen molar-refractivity contribution in [3.63, 3.8) is 0 Å². The molecule has 0 atom stereocenters. The van der Waals surface area contributed by atoms with E-state index in [1.54, 1.807) is 4.90 Å². The highest BCUT2D eigenvalue weighted by Gasteiger charge is 2.22. The second-order valence-electron chi connectivity index (χ2n) is 3.79. The minimum Gasteiger partial charge on any atom is -0.375 e. The van der Waals surface area contributed by atoms with Crippen molar-refractivity contribution in [1.29, 1.82) is 0 Å². The van der Waals surface area contributed by atoms with Gasteiger partial charge in [-0.15, -0.1) is 11.6 Å². The number of carbonyl (C=O) groups is 2. The number of hydrogen-bond acceptors (Lipinski definition) is 3. The first-order valence-corrected chi connectivity index (χ1v) is 5.83. The molecule has 2 amide bonds. The van der Waals surface area contributed by atoms with Gasteiger partial charge in [-0.25, -0.2) is 0 Å². The number of piperidine rings is 1. The number of methoxy groups -OCH3 is 1. The number of ether oxygens (including phenoxy) is 1. The smallest absolute Gasteiger partial charge is 0.246 e. The monoisotopic (exact) mass is 248 g/mol. The molecule has 16 heavy (non-hydrogen) atoms. The number of nitrogens with zero attached hydrogens (tertiary/aromatic N) is 1. The summed E-state index contributed by atoms with van der Waals surface area (Å²) in [5.74, 6) is -0.117. The maximum atomic E-state index is 11.3. The predicted molar refractivity (Wildman–Crippen MR) is 60.3 cm³/mol. The zero-order chi connectivity index (χ0) is 12.0. The molecule has 0 aromatic heterocycles. The van der Waals surface area contributed by atoms with Gasteiger partial charge in [-0.05, 0) is 12.8 Å². The van der Waals surface area contributed by atoms with Crippen LogP contribution in [0.4, 0.5) is 0 Å². The van der Waals surface area contributed by atoms with Crippen molar-refractivity contribution in [2.24, 2.45) is 0 Å². The van der Waals surface area contributed by atoms with Gasteiger partial charge in [0.15, 0.2) is 0 Å². The summed E-state index contributed by atoms with van der Waals surface area (Å²) in [5.41, 5.74) is 0. The lowest BCUT2D eigenvalue weighted by Crippen LogP contribution is -2.47. The molecule has 0 radical (unpaired) electrons. The normalized spacial score (nSPS) is 17.2. The van der Waals surface area contributed by atoms with Crippen molar-refractivity contribution in [2.45, 2.75) is 18.9 Å². The molecule has 1 heterocycles. The lowest BCUT2D eigenvalue weighted by Gasteiger charge is -2.32. The van der Waals surface area contributed by atoms with Crippen LogP contribution in [0.1, 0.15) is 12.8 Å². The summed E-state index contributed by atoms with van der Waals surface area (Å²) in [6.07, 6.45) is 1.55. The molecule has 1 saturated heterocycles. The summed E-state index contributed by atoms with van der Waals surface area (Å²) in [6, 6.07) is 0.141. The maximum Gasteiger partial charge on any atom is 0.246 e. The van der Waals surface area contributed by atoms with Crippen LogP contribution < -0.4 is 5.32 Å². The first kappa shape index (κ1) is 13.3. The number of hydrogen-bond donors (Lipinski definition) is 1. The second-order valence-corrected chi connectivity index (χ2v) is 4.06. The van der Waals surface area contributed by atoms with Gasteiger partial charge < -0.3 is 15.0 Å². The van der Waals surface area contributed by atoms with Crippen LogP contribution in [0.15, 0.2) is 0 Å². The Morgan fingerprint density at radius 1 is 1.44 bits per heavy atom. The lowest BCUT2D eigenvalue weighted by molar-refractivity contribution is -0.130. The van der Waals surface area contributed by atoms with Crippen LogP contribution in [-0.2, 0) is 14.3 Å². The first-order valence-electron chi connectivity index (χ1n) is 5.29. The molecule has 0 aromatic rings. The van der Waals surface area contributed by atoms with E-state index in [2.05, 4.69) is 5.32 Å². The van der Waals surface area contributed by atoms with E-state index < -0.39 is 0 Å². The van der Waals surface area contributed by atoms with Gasteiger partial charge in [-0.2, -0.15) is 0 Å². The molecule has 5 nitrogen and oxygen atoms in total. The van der Waals surface area contributed by atoms with Gasteiger partial charge in [0.1, 0.15) is 12.5 Å². The fourth-order valence-corrected chi connectivity index (χ4v) is 1.93. The van der Waals surface area contributed by atoms with Crippen LogP contribution in [0.2, 0.25) is 0 Å². The number of amides is 2. The van der Waals surface area contributed by atoms with E-state index in [0.717, 1.165) is 12.8 Å². The largest absolute Gasteiger partial charge is 0.375 e. The summed E-state index contributed by atoms with van der Waals surface area (Å²) >= 11 is 5.47. The lowest BCUT2D eigenvalue weighted by atomic mass is 10.1. The average Bonchev–Trinajstić information content (AvgIpc) is 2.29. The fraction of sp³-hybridized carbons (Fsp3) is 0.800. The van der Waals surface area contributed by atoms with E-state index in [0.29, 0.717) is 13.1 Å². The van der Waals surface area contributed by atoms with Crippen LogP contribution in [-0.4, -0.2) is 55.4 Å². The number of halogens is 1. The second kappa shape index (κ2) is 6.70. The Bertz CT molecular complexity index is 252. The van der Waals surface area contributed by atoms with Crippen LogP contribution in [0, 0.1) is 0 Å². The molecule has 1 N–H and O–H groups in total. The Morgan fingerprint density at radius 2 is 2.06 bits per heavy atom. The Labute approximate surface area is 100 Å². The van der Waals surface area contributed by atoms with Gasteiger partial charge in [0.05, 0.1) is 0 Å². The van der Waals surface area contributed by atoms with E-state index in [1.807, 2.05) is 0 Å². The molecular weight excluding hydrogens is 232 g/mol. The topological polar surface area (TPSA) is 58.6 Å². The third-order valence-electron chi connectivity index (χ3n) is 2.60. The molecule has 1 rings (SSSR count). The number of alkyl halides is 1. The van der Waals surface area contributed by atoms with E-state index in [-0.39, 0.29) is 30.3 Å². The Morgan fingerprint density at radius 3 is 2.56 bits per heavy atom. The average molecular weight is 249 g/mol. The predicted octanol–water partition coefficient (Wildman–Crippen LogP) is -0.0212. The number of likely N-dealkylation sites (tertiary alicyclic amines) is 1. The number of rotatable bonds is 4.